The number of hydrogen-bond acceptors (Lipinski definition) is 1. The van der Waals surface area contributed by atoms with Gasteiger partial charge in [-0.15, -0.1) is 0 Å². The molecular weight excluding hydrogens is 206 g/mol. The standard InChI is InChI=1S/C16H19N/c1-13-6-8-16(9-7-13)17-11-10-14-4-2-3-5-15(14)12-17/h2-3,5-9,14H,4,10-12H2,1H3. The lowest BCUT2D eigenvalue weighted by atomic mass is 9.85. The van der Waals surface area contributed by atoms with Gasteiger partial charge >= 0.3 is 0 Å². The van der Waals surface area contributed by atoms with E-state index >= 15 is 0 Å². The van der Waals surface area contributed by atoms with E-state index in [0.717, 1.165) is 12.5 Å². The first-order valence-electron chi connectivity index (χ1n) is 6.50. The number of allylic oxidation sites excluding steroid dienone is 3. The average molecular weight is 225 g/mol. The Kier molecular flexibility index (Phi) is 2.76. The molecule has 1 aliphatic carbocycles. The number of rotatable bonds is 1. The van der Waals surface area contributed by atoms with Gasteiger partial charge in [0.25, 0.3) is 0 Å². The summed E-state index contributed by atoms with van der Waals surface area (Å²) in [5.74, 6) is 0.807. The first-order chi connectivity index (χ1) is 8.33. The lowest BCUT2D eigenvalue weighted by molar-refractivity contribution is 0.502. The van der Waals surface area contributed by atoms with E-state index in [1.54, 1.807) is 5.57 Å². The topological polar surface area (TPSA) is 3.24 Å². The van der Waals surface area contributed by atoms with Crippen molar-refractivity contribution >= 4 is 5.69 Å². The van der Waals surface area contributed by atoms with Crippen LogP contribution in [0.25, 0.3) is 0 Å². The van der Waals surface area contributed by atoms with Crippen LogP contribution in [-0.2, 0) is 0 Å². The molecule has 0 bridgehead atoms. The molecule has 1 aromatic carbocycles. The molecule has 1 nitrogen and oxygen atoms in total. The monoisotopic (exact) mass is 225 g/mol. The van der Waals surface area contributed by atoms with Crippen molar-refractivity contribution in [3.63, 3.8) is 0 Å². The Balaban J connectivity index is 1.79. The van der Waals surface area contributed by atoms with Crippen LogP contribution in [-0.4, -0.2) is 13.1 Å². The van der Waals surface area contributed by atoms with Crippen molar-refractivity contribution in [2.24, 2.45) is 5.92 Å². The number of hydrogen-bond donors (Lipinski definition) is 0. The highest BCUT2D eigenvalue weighted by molar-refractivity contribution is 5.50. The summed E-state index contributed by atoms with van der Waals surface area (Å²) in [6.45, 7) is 4.45. The number of nitrogens with zero attached hydrogens (tertiary/aromatic N) is 1. The lowest BCUT2D eigenvalue weighted by Crippen LogP contribution is -2.35. The minimum atomic E-state index is 0.807. The molecule has 17 heavy (non-hydrogen) atoms. The molecule has 0 saturated carbocycles. The largest absolute Gasteiger partial charge is 0.367 e. The van der Waals surface area contributed by atoms with Gasteiger partial charge in [-0.25, -0.2) is 0 Å². The predicted octanol–water partition coefficient (Wildman–Crippen LogP) is 3.71. The van der Waals surface area contributed by atoms with Gasteiger partial charge in [-0.1, -0.05) is 35.9 Å². The minimum Gasteiger partial charge on any atom is -0.367 e. The van der Waals surface area contributed by atoms with Crippen LogP contribution in [0.15, 0.2) is 48.1 Å². The summed E-state index contributed by atoms with van der Waals surface area (Å²) in [6.07, 6.45) is 9.37. The van der Waals surface area contributed by atoms with Gasteiger partial charge in [-0.3, -0.25) is 0 Å². The molecule has 1 aromatic rings. The molecule has 1 unspecified atom stereocenters. The normalized spacial score (nSPS) is 23.2. The van der Waals surface area contributed by atoms with Crippen molar-refractivity contribution in [3.05, 3.63) is 53.6 Å². The fourth-order valence-corrected chi connectivity index (χ4v) is 2.79. The van der Waals surface area contributed by atoms with E-state index in [2.05, 4.69) is 54.3 Å². The van der Waals surface area contributed by atoms with Crippen LogP contribution in [0.4, 0.5) is 5.69 Å². The van der Waals surface area contributed by atoms with E-state index in [-0.39, 0.29) is 0 Å². The second-order valence-corrected chi connectivity index (χ2v) is 5.15. The Morgan fingerprint density at radius 2 is 2.00 bits per heavy atom. The summed E-state index contributed by atoms with van der Waals surface area (Å²) in [7, 11) is 0. The Labute approximate surface area is 103 Å². The molecule has 0 N–H and O–H groups in total. The smallest absolute Gasteiger partial charge is 0.0394 e. The van der Waals surface area contributed by atoms with Gasteiger partial charge in [0.2, 0.25) is 0 Å². The third kappa shape index (κ3) is 2.14. The molecule has 1 heterocycles. The first kappa shape index (κ1) is 10.6. The lowest BCUT2D eigenvalue weighted by Gasteiger charge is -2.36. The van der Waals surface area contributed by atoms with Crippen LogP contribution in [0.3, 0.4) is 0 Å². The molecule has 88 valence electrons. The van der Waals surface area contributed by atoms with E-state index in [1.807, 2.05) is 0 Å². The van der Waals surface area contributed by atoms with E-state index in [9.17, 15) is 0 Å². The molecule has 1 atom stereocenters. The maximum absolute atomic E-state index is 2.50. The highest BCUT2D eigenvalue weighted by atomic mass is 15.1. The number of aryl methyl sites for hydroxylation is 1. The molecule has 0 amide bonds. The molecule has 1 fully saturated rings. The van der Waals surface area contributed by atoms with Crippen molar-refractivity contribution in [1.29, 1.82) is 0 Å². The van der Waals surface area contributed by atoms with Crippen molar-refractivity contribution in [3.8, 4) is 0 Å². The predicted molar refractivity (Wildman–Crippen MR) is 73.3 cm³/mol. The molecule has 1 aliphatic heterocycles. The summed E-state index contributed by atoms with van der Waals surface area (Å²) in [4.78, 5) is 2.50. The molecule has 1 heteroatoms. The van der Waals surface area contributed by atoms with Crippen molar-refractivity contribution in [1.82, 2.24) is 0 Å². The van der Waals surface area contributed by atoms with Gasteiger partial charge in [0.1, 0.15) is 0 Å². The Morgan fingerprint density at radius 1 is 1.18 bits per heavy atom. The van der Waals surface area contributed by atoms with Crippen LogP contribution in [0.2, 0.25) is 0 Å². The summed E-state index contributed by atoms with van der Waals surface area (Å²) in [6, 6.07) is 8.90. The first-order valence-corrected chi connectivity index (χ1v) is 6.50. The average Bonchev–Trinajstić information content (AvgIpc) is 2.39. The van der Waals surface area contributed by atoms with Crippen LogP contribution in [0.5, 0.6) is 0 Å². The maximum Gasteiger partial charge on any atom is 0.0394 e. The van der Waals surface area contributed by atoms with Gasteiger partial charge in [0.15, 0.2) is 0 Å². The highest BCUT2D eigenvalue weighted by Crippen LogP contribution is 2.31. The molecule has 3 rings (SSSR count). The molecule has 2 aliphatic rings. The summed E-state index contributed by atoms with van der Waals surface area (Å²) >= 11 is 0. The molecule has 0 radical (unpaired) electrons. The van der Waals surface area contributed by atoms with Gasteiger partial charge in [0, 0.05) is 18.8 Å². The Hall–Kier alpha value is -1.50. The third-order valence-corrected chi connectivity index (χ3v) is 3.91. The zero-order valence-corrected chi connectivity index (χ0v) is 10.4. The van der Waals surface area contributed by atoms with Gasteiger partial charge in [-0.05, 0) is 43.4 Å². The summed E-state index contributed by atoms with van der Waals surface area (Å²) < 4.78 is 0. The van der Waals surface area contributed by atoms with Crippen molar-refractivity contribution in [2.45, 2.75) is 19.8 Å². The molecule has 0 aromatic heterocycles. The van der Waals surface area contributed by atoms with Gasteiger partial charge < -0.3 is 4.90 Å². The maximum atomic E-state index is 2.50. The van der Waals surface area contributed by atoms with E-state index in [1.165, 1.54) is 30.6 Å². The molecule has 0 spiro atoms. The van der Waals surface area contributed by atoms with Crippen molar-refractivity contribution in [2.75, 3.05) is 18.0 Å². The fraction of sp³-hybridized carbons (Fsp3) is 0.375. The minimum absolute atomic E-state index is 0.807. The van der Waals surface area contributed by atoms with Crippen LogP contribution < -0.4 is 4.90 Å². The van der Waals surface area contributed by atoms with Crippen LogP contribution >= 0.6 is 0 Å². The SMILES string of the molecule is Cc1ccc(N2CCC3CC=CC=C3C2)cc1. The molecular formula is C16H19N. The summed E-state index contributed by atoms with van der Waals surface area (Å²) in [5, 5.41) is 0. The number of piperidine rings is 1. The third-order valence-electron chi connectivity index (χ3n) is 3.91. The van der Waals surface area contributed by atoms with Crippen molar-refractivity contribution < 1.29 is 0 Å². The second kappa shape index (κ2) is 4.40. The number of anilines is 1. The summed E-state index contributed by atoms with van der Waals surface area (Å²) in [5.41, 5.74) is 4.31. The number of benzene rings is 1. The van der Waals surface area contributed by atoms with E-state index in [4.69, 9.17) is 0 Å². The zero-order valence-electron chi connectivity index (χ0n) is 10.4. The fourth-order valence-electron chi connectivity index (χ4n) is 2.79. The van der Waals surface area contributed by atoms with Gasteiger partial charge in [-0.2, -0.15) is 0 Å². The Morgan fingerprint density at radius 3 is 2.82 bits per heavy atom. The number of fused-ring (bicyclic) bond motifs is 1. The quantitative estimate of drug-likeness (QED) is 0.704. The van der Waals surface area contributed by atoms with Gasteiger partial charge in [0.05, 0.1) is 0 Å². The molecule has 1 saturated heterocycles. The zero-order chi connectivity index (χ0) is 11.7. The highest BCUT2D eigenvalue weighted by Gasteiger charge is 2.23. The second-order valence-electron chi connectivity index (χ2n) is 5.15. The van der Waals surface area contributed by atoms with Crippen LogP contribution in [0.1, 0.15) is 18.4 Å². The van der Waals surface area contributed by atoms with Crippen LogP contribution in [0, 0.1) is 12.8 Å². The Bertz CT molecular complexity index is 453. The van der Waals surface area contributed by atoms with E-state index in [0.29, 0.717) is 0 Å². The van der Waals surface area contributed by atoms with E-state index < -0.39 is 0 Å².